The molecule has 0 fully saturated rings. The van der Waals surface area contributed by atoms with Crippen LogP contribution in [0, 0.1) is 0 Å². The van der Waals surface area contributed by atoms with E-state index in [1.165, 1.54) is 16.2 Å². The van der Waals surface area contributed by atoms with Crippen LogP contribution in [0.1, 0.15) is 17.0 Å². The zero-order valence-corrected chi connectivity index (χ0v) is 27.9. The van der Waals surface area contributed by atoms with Crippen LogP contribution in [-0.2, 0) is 0 Å². The molecule has 1 aliphatic carbocycles. The van der Waals surface area contributed by atoms with Crippen molar-refractivity contribution in [2.75, 3.05) is 0 Å². The average molecular weight is 668 g/mol. The Balaban J connectivity index is 1.05. The van der Waals surface area contributed by atoms with Gasteiger partial charge in [0.05, 0.1) is 0 Å². The standard InChI is InChI=1S/C47H29N3O2/c1-2-12-29(13-3-1)45-48-46(31-25-26-33-30(27-31)24-23-28-11-4-5-14-32(28)33)50-47(49-45)39-20-10-22-41-42(39)38-19-9-18-37(44(38)52-41)36-17-8-16-35-34-15-6-7-21-40(34)51-43(35)36/h1-27,38,44H. The number of aromatic nitrogens is 3. The van der Waals surface area contributed by atoms with Crippen LogP contribution in [0.25, 0.3) is 83.2 Å². The molecule has 9 aromatic rings. The summed E-state index contributed by atoms with van der Waals surface area (Å²) in [6, 6.07) is 50.2. The van der Waals surface area contributed by atoms with Crippen LogP contribution < -0.4 is 4.74 Å². The molecule has 0 bridgehead atoms. The van der Waals surface area contributed by atoms with E-state index in [9.17, 15) is 0 Å². The lowest BCUT2D eigenvalue weighted by atomic mass is 9.82. The van der Waals surface area contributed by atoms with Gasteiger partial charge in [-0.1, -0.05) is 146 Å². The van der Waals surface area contributed by atoms with E-state index < -0.39 is 0 Å². The fourth-order valence-electron chi connectivity index (χ4n) is 8.09. The van der Waals surface area contributed by atoms with Gasteiger partial charge in [0.15, 0.2) is 17.5 Å². The summed E-state index contributed by atoms with van der Waals surface area (Å²) >= 11 is 0. The van der Waals surface area contributed by atoms with Crippen molar-refractivity contribution in [3.8, 4) is 39.9 Å². The molecule has 52 heavy (non-hydrogen) atoms. The minimum Gasteiger partial charge on any atom is -0.484 e. The zero-order valence-electron chi connectivity index (χ0n) is 27.9. The highest BCUT2D eigenvalue weighted by atomic mass is 16.5. The smallest absolute Gasteiger partial charge is 0.164 e. The van der Waals surface area contributed by atoms with E-state index in [-0.39, 0.29) is 12.0 Å². The highest BCUT2D eigenvalue weighted by Crippen LogP contribution is 2.50. The van der Waals surface area contributed by atoms with Crippen molar-refractivity contribution in [2.24, 2.45) is 0 Å². The summed E-state index contributed by atoms with van der Waals surface area (Å²) in [5.74, 6) is 2.67. The predicted octanol–water partition coefficient (Wildman–Crippen LogP) is 11.6. The molecular formula is C47H29N3O2. The lowest BCUT2D eigenvalue weighted by Gasteiger charge is -2.23. The third-order valence-electron chi connectivity index (χ3n) is 10.5. The molecule has 5 heteroatoms. The fourth-order valence-corrected chi connectivity index (χ4v) is 8.09. The number of para-hydroxylation sites is 2. The van der Waals surface area contributed by atoms with Gasteiger partial charge in [0.1, 0.15) is 23.0 Å². The summed E-state index contributed by atoms with van der Waals surface area (Å²) in [4.78, 5) is 15.4. The first kappa shape index (κ1) is 28.9. The molecule has 0 amide bonds. The topological polar surface area (TPSA) is 61.0 Å². The summed E-state index contributed by atoms with van der Waals surface area (Å²) in [6.45, 7) is 0. The molecular weight excluding hydrogens is 639 g/mol. The largest absolute Gasteiger partial charge is 0.484 e. The molecule has 2 unspecified atom stereocenters. The molecule has 7 aromatic carbocycles. The zero-order chi connectivity index (χ0) is 34.2. The molecule has 2 aromatic heterocycles. The number of benzene rings is 7. The second kappa shape index (κ2) is 11.3. The summed E-state index contributed by atoms with van der Waals surface area (Å²) < 4.78 is 13.3. The number of nitrogens with zero attached hydrogens (tertiary/aromatic N) is 3. The number of rotatable bonds is 4. The maximum atomic E-state index is 6.84. The minimum absolute atomic E-state index is 0.0415. The van der Waals surface area contributed by atoms with Gasteiger partial charge in [-0.15, -0.1) is 0 Å². The van der Waals surface area contributed by atoms with Crippen LogP contribution in [0.4, 0.5) is 0 Å². The van der Waals surface area contributed by atoms with Gasteiger partial charge in [-0.05, 0) is 39.7 Å². The van der Waals surface area contributed by atoms with Crippen molar-refractivity contribution < 1.29 is 9.15 Å². The van der Waals surface area contributed by atoms with Gasteiger partial charge in [-0.25, -0.2) is 15.0 Å². The number of hydrogen-bond acceptors (Lipinski definition) is 5. The molecule has 11 rings (SSSR count). The van der Waals surface area contributed by atoms with Crippen LogP contribution in [0.15, 0.2) is 168 Å². The Kier molecular flexibility index (Phi) is 6.31. The van der Waals surface area contributed by atoms with E-state index in [4.69, 9.17) is 24.1 Å². The van der Waals surface area contributed by atoms with Crippen molar-refractivity contribution in [1.29, 1.82) is 0 Å². The van der Waals surface area contributed by atoms with E-state index in [0.717, 1.165) is 66.5 Å². The maximum absolute atomic E-state index is 6.84. The van der Waals surface area contributed by atoms with Gasteiger partial charge in [0, 0.05) is 50.1 Å². The fraction of sp³-hybridized carbons (Fsp3) is 0.0426. The SMILES string of the molecule is C1=CC2c3c(cccc3-c3nc(-c4ccccc4)nc(-c4ccc5c(ccc6ccccc65)c4)n3)OC2C(c2cccc3c2oc2ccccc23)=C1. The van der Waals surface area contributed by atoms with Crippen LogP contribution >= 0.6 is 0 Å². The number of furan rings is 1. The summed E-state index contributed by atoms with van der Waals surface area (Å²) in [5.41, 5.74) is 7.77. The second-order valence-electron chi connectivity index (χ2n) is 13.5. The molecule has 0 N–H and O–H groups in total. The van der Waals surface area contributed by atoms with Crippen molar-refractivity contribution in [3.05, 3.63) is 175 Å². The highest BCUT2D eigenvalue weighted by Gasteiger charge is 2.40. The van der Waals surface area contributed by atoms with Gasteiger partial charge < -0.3 is 9.15 Å². The summed E-state index contributed by atoms with van der Waals surface area (Å²) in [7, 11) is 0. The van der Waals surface area contributed by atoms with Gasteiger partial charge in [-0.3, -0.25) is 0 Å². The van der Waals surface area contributed by atoms with E-state index in [0.29, 0.717) is 17.5 Å². The van der Waals surface area contributed by atoms with Crippen molar-refractivity contribution in [2.45, 2.75) is 12.0 Å². The van der Waals surface area contributed by atoms with Gasteiger partial charge in [0.25, 0.3) is 0 Å². The van der Waals surface area contributed by atoms with Crippen LogP contribution in [-0.4, -0.2) is 21.1 Å². The lowest BCUT2D eigenvalue weighted by molar-refractivity contribution is 0.278. The van der Waals surface area contributed by atoms with Crippen molar-refractivity contribution >= 4 is 49.1 Å². The summed E-state index contributed by atoms with van der Waals surface area (Å²) in [6.07, 6.45) is 6.30. The normalized spacial score (nSPS) is 16.3. The quantitative estimate of drug-likeness (QED) is 0.175. The Morgan fingerprint density at radius 3 is 2.13 bits per heavy atom. The molecule has 0 saturated carbocycles. The maximum Gasteiger partial charge on any atom is 0.164 e. The third kappa shape index (κ3) is 4.46. The van der Waals surface area contributed by atoms with Gasteiger partial charge in [0.2, 0.25) is 0 Å². The molecule has 3 heterocycles. The Bertz CT molecular complexity index is 2960. The summed E-state index contributed by atoms with van der Waals surface area (Å²) in [5, 5.41) is 7.01. The Morgan fingerprint density at radius 1 is 0.500 bits per heavy atom. The minimum atomic E-state index is -0.231. The third-order valence-corrected chi connectivity index (χ3v) is 10.5. The lowest BCUT2D eigenvalue weighted by Crippen LogP contribution is -2.21. The molecule has 244 valence electrons. The molecule has 0 saturated heterocycles. The van der Waals surface area contributed by atoms with Gasteiger partial charge in [-0.2, -0.15) is 0 Å². The van der Waals surface area contributed by atoms with Crippen molar-refractivity contribution in [3.63, 3.8) is 0 Å². The Labute approximate surface area is 299 Å². The Hall–Kier alpha value is -6.85. The molecule has 2 atom stereocenters. The first-order chi connectivity index (χ1) is 25.8. The van der Waals surface area contributed by atoms with E-state index in [1.54, 1.807) is 0 Å². The number of fused-ring (bicyclic) bond motifs is 9. The molecule has 0 radical (unpaired) electrons. The first-order valence-corrected chi connectivity index (χ1v) is 17.6. The van der Waals surface area contributed by atoms with Gasteiger partial charge >= 0.3 is 0 Å². The second-order valence-corrected chi connectivity index (χ2v) is 13.5. The molecule has 5 nitrogen and oxygen atoms in total. The predicted molar refractivity (Wildman–Crippen MR) is 209 cm³/mol. The Morgan fingerprint density at radius 2 is 1.21 bits per heavy atom. The highest BCUT2D eigenvalue weighted by molar-refractivity contribution is 6.09. The van der Waals surface area contributed by atoms with E-state index in [2.05, 4.69) is 115 Å². The van der Waals surface area contributed by atoms with E-state index in [1.807, 2.05) is 48.5 Å². The van der Waals surface area contributed by atoms with Crippen LogP contribution in [0.3, 0.4) is 0 Å². The number of allylic oxidation sites excluding steroid dienone is 2. The molecule has 1 aliphatic heterocycles. The van der Waals surface area contributed by atoms with Crippen molar-refractivity contribution in [1.82, 2.24) is 15.0 Å². The average Bonchev–Trinajstić information content (AvgIpc) is 3.80. The first-order valence-electron chi connectivity index (χ1n) is 17.6. The van der Waals surface area contributed by atoms with Crippen LogP contribution in [0.5, 0.6) is 5.75 Å². The van der Waals surface area contributed by atoms with E-state index >= 15 is 0 Å². The monoisotopic (exact) mass is 667 g/mol. The number of hydrogen-bond donors (Lipinski definition) is 0. The molecule has 0 spiro atoms. The number of ether oxygens (including phenoxy) is 1. The molecule has 2 aliphatic rings. The van der Waals surface area contributed by atoms with Crippen LogP contribution in [0.2, 0.25) is 0 Å².